The molecule has 0 spiro atoms. The average Bonchev–Trinajstić information content (AvgIpc) is 3.10. The molecule has 0 heterocycles. The zero-order chi connectivity index (χ0) is 13.8. The minimum atomic E-state index is -0.114. The van der Waals surface area contributed by atoms with Crippen LogP contribution in [0.5, 0.6) is 5.75 Å². The quantitative estimate of drug-likeness (QED) is 0.774. The summed E-state index contributed by atoms with van der Waals surface area (Å²) in [6, 6.07) is 7.18. The number of para-hydroxylation sites is 1. The van der Waals surface area contributed by atoms with E-state index in [1.54, 1.807) is 12.1 Å². The first-order valence-electron chi connectivity index (χ1n) is 6.36. The number of carbonyl (C=O) groups excluding carboxylic acids is 1. The Kier molecular flexibility index (Phi) is 4.37. The topological polar surface area (TPSA) is 64.3 Å². The van der Waals surface area contributed by atoms with Crippen LogP contribution in [0.3, 0.4) is 0 Å². The molecule has 0 bridgehead atoms. The van der Waals surface area contributed by atoms with Crippen LogP contribution in [0.25, 0.3) is 0 Å². The molecule has 19 heavy (non-hydrogen) atoms. The standard InChI is InChI=1S/C14H18N2O2S/c1-9-6-10(9)7-16-13(17)8-18-12-5-3-2-4-11(12)14(15)19/h2-5,9-10H,6-8H2,1H3,(H2,15,19)(H,16,17). The van der Waals surface area contributed by atoms with Gasteiger partial charge in [-0.3, -0.25) is 4.79 Å². The maximum absolute atomic E-state index is 11.6. The van der Waals surface area contributed by atoms with Crippen LogP contribution in [0.4, 0.5) is 0 Å². The van der Waals surface area contributed by atoms with Gasteiger partial charge < -0.3 is 15.8 Å². The normalized spacial score (nSPS) is 20.7. The number of rotatable bonds is 6. The average molecular weight is 278 g/mol. The van der Waals surface area contributed by atoms with E-state index in [0.717, 1.165) is 12.5 Å². The second-order valence-electron chi connectivity index (χ2n) is 4.93. The van der Waals surface area contributed by atoms with Crippen molar-refractivity contribution >= 4 is 23.1 Å². The Balaban J connectivity index is 1.81. The molecule has 102 valence electrons. The number of thiocarbonyl (C=S) groups is 1. The second kappa shape index (κ2) is 6.02. The van der Waals surface area contributed by atoms with Crippen LogP contribution in [-0.2, 0) is 4.79 Å². The van der Waals surface area contributed by atoms with Gasteiger partial charge in [-0.05, 0) is 30.4 Å². The van der Waals surface area contributed by atoms with Crippen molar-refractivity contribution in [2.45, 2.75) is 13.3 Å². The number of nitrogens with one attached hydrogen (secondary N) is 1. The molecular formula is C14H18N2O2S. The fraction of sp³-hybridized carbons (Fsp3) is 0.429. The van der Waals surface area contributed by atoms with Gasteiger partial charge in [0.15, 0.2) is 6.61 Å². The van der Waals surface area contributed by atoms with E-state index in [0.29, 0.717) is 17.2 Å². The molecule has 2 atom stereocenters. The maximum Gasteiger partial charge on any atom is 0.257 e. The molecule has 2 unspecified atom stereocenters. The summed E-state index contributed by atoms with van der Waals surface area (Å²) in [6.45, 7) is 2.91. The van der Waals surface area contributed by atoms with Crippen molar-refractivity contribution in [3.63, 3.8) is 0 Å². The van der Waals surface area contributed by atoms with Crippen LogP contribution in [-0.4, -0.2) is 24.0 Å². The Hall–Kier alpha value is -1.62. The molecule has 1 saturated carbocycles. The van der Waals surface area contributed by atoms with Gasteiger partial charge in [-0.2, -0.15) is 0 Å². The van der Waals surface area contributed by atoms with E-state index in [1.165, 1.54) is 6.42 Å². The summed E-state index contributed by atoms with van der Waals surface area (Å²) < 4.78 is 5.46. The van der Waals surface area contributed by atoms with E-state index in [4.69, 9.17) is 22.7 Å². The predicted octanol–water partition coefficient (Wildman–Crippen LogP) is 1.47. The molecular weight excluding hydrogens is 260 g/mol. The van der Waals surface area contributed by atoms with Crippen LogP contribution >= 0.6 is 12.2 Å². The van der Waals surface area contributed by atoms with Gasteiger partial charge in [0.1, 0.15) is 10.7 Å². The van der Waals surface area contributed by atoms with E-state index in [9.17, 15) is 4.79 Å². The van der Waals surface area contributed by atoms with E-state index in [2.05, 4.69) is 12.2 Å². The Morgan fingerprint density at radius 3 is 2.84 bits per heavy atom. The first kappa shape index (κ1) is 13.8. The SMILES string of the molecule is CC1CC1CNC(=O)COc1ccccc1C(N)=S. The lowest BCUT2D eigenvalue weighted by Crippen LogP contribution is -2.31. The van der Waals surface area contributed by atoms with Crippen LogP contribution in [0, 0.1) is 11.8 Å². The van der Waals surface area contributed by atoms with E-state index < -0.39 is 0 Å². The summed E-state index contributed by atoms with van der Waals surface area (Å²) in [5, 5.41) is 2.87. The van der Waals surface area contributed by atoms with Gasteiger partial charge in [-0.15, -0.1) is 0 Å². The van der Waals surface area contributed by atoms with Crippen molar-refractivity contribution in [2.24, 2.45) is 17.6 Å². The molecule has 0 saturated heterocycles. The number of hydrogen-bond acceptors (Lipinski definition) is 3. The molecule has 5 heteroatoms. The smallest absolute Gasteiger partial charge is 0.257 e. The van der Waals surface area contributed by atoms with Crippen LogP contribution in [0.1, 0.15) is 18.9 Å². The Labute approximate surface area is 118 Å². The van der Waals surface area contributed by atoms with Gasteiger partial charge in [0, 0.05) is 6.54 Å². The summed E-state index contributed by atoms with van der Waals surface area (Å²) in [7, 11) is 0. The molecule has 2 rings (SSSR count). The lowest BCUT2D eigenvalue weighted by Gasteiger charge is -2.10. The van der Waals surface area contributed by atoms with Crippen molar-refractivity contribution in [1.29, 1.82) is 0 Å². The third kappa shape index (κ3) is 3.92. The van der Waals surface area contributed by atoms with E-state index >= 15 is 0 Å². The van der Waals surface area contributed by atoms with Crippen molar-refractivity contribution in [1.82, 2.24) is 5.32 Å². The minimum absolute atomic E-state index is 0.0132. The molecule has 0 aromatic heterocycles. The van der Waals surface area contributed by atoms with Crippen molar-refractivity contribution < 1.29 is 9.53 Å². The molecule has 0 aliphatic heterocycles. The number of hydrogen-bond donors (Lipinski definition) is 2. The third-order valence-electron chi connectivity index (χ3n) is 3.35. The van der Waals surface area contributed by atoms with Crippen LogP contribution in [0.2, 0.25) is 0 Å². The second-order valence-corrected chi connectivity index (χ2v) is 5.37. The van der Waals surface area contributed by atoms with Gasteiger partial charge >= 0.3 is 0 Å². The molecule has 1 aliphatic carbocycles. The molecule has 1 aliphatic rings. The zero-order valence-electron chi connectivity index (χ0n) is 10.9. The first-order chi connectivity index (χ1) is 9.08. The summed E-state index contributed by atoms with van der Waals surface area (Å²) in [5.74, 6) is 1.80. The summed E-state index contributed by atoms with van der Waals surface area (Å²) in [5.41, 5.74) is 6.25. The number of ether oxygens (including phenoxy) is 1. The first-order valence-corrected chi connectivity index (χ1v) is 6.77. The number of nitrogens with two attached hydrogens (primary N) is 1. The van der Waals surface area contributed by atoms with Crippen LogP contribution in [0.15, 0.2) is 24.3 Å². The van der Waals surface area contributed by atoms with Crippen LogP contribution < -0.4 is 15.8 Å². The molecule has 4 nitrogen and oxygen atoms in total. The van der Waals surface area contributed by atoms with Crippen molar-refractivity contribution in [3.8, 4) is 5.75 Å². The fourth-order valence-corrected chi connectivity index (χ4v) is 2.09. The number of benzene rings is 1. The Morgan fingerprint density at radius 2 is 2.21 bits per heavy atom. The van der Waals surface area contributed by atoms with Gasteiger partial charge in [0.2, 0.25) is 0 Å². The predicted molar refractivity (Wildman–Crippen MR) is 78.1 cm³/mol. The number of amides is 1. The summed E-state index contributed by atoms with van der Waals surface area (Å²) in [6.07, 6.45) is 1.20. The lowest BCUT2D eigenvalue weighted by molar-refractivity contribution is -0.123. The molecule has 1 aromatic rings. The molecule has 1 amide bonds. The lowest BCUT2D eigenvalue weighted by atomic mass is 10.2. The molecule has 1 fully saturated rings. The van der Waals surface area contributed by atoms with Gasteiger partial charge in [0.05, 0.1) is 5.56 Å². The third-order valence-corrected chi connectivity index (χ3v) is 3.57. The molecule has 3 N–H and O–H groups in total. The van der Waals surface area contributed by atoms with Gasteiger partial charge in [-0.1, -0.05) is 31.3 Å². The van der Waals surface area contributed by atoms with E-state index in [1.807, 2.05) is 12.1 Å². The van der Waals surface area contributed by atoms with Gasteiger partial charge in [0.25, 0.3) is 5.91 Å². The molecule has 1 aromatic carbocycles. The van der Waals surface area contributed by atoms with Crippen molar-refractivity contribution in [3.05, 3.63) is 29.8 Å². The Morgan fingerprint density at radius 1 is 1.53 bits per heavy atom. The maximum atomic E-state index is 11.6. The monoisotopic (exact) mass is 278 g/mol. The highest BCUT2D eigenvalue weighted by atomic mass is 32.1. The zero-order valence-corrected chi connectivity index (χ0v) is 11.7. The van der Waals surface area contributed by atoms with Gasteiger partial charge in [-0.25, -0.2) is 0 Å². The highest BCUT2D eigenvalue weighted by Gasteiger charge is 2.32. The highest BCUT2D eigenvalue weighted by Crippen LogP contribution is 2.36. The molecule has 0 radical (unpaired) electrons. The fourth-order valence-electron chi connectivity index (χ4n) is 1.92. The highest BCUT2D eigenvalue weighted by molar-refractivity contribution is 7.80. The van der Waals surface area contributed by atoms with Crippen molar-refractivity contribution in [2.75, 3.05) is 13.2 Å². The summed E-state index contributed by atoms with van der Waals surface area (Å²) in [4.78, 5) is 11.9. The minimum Gasteiger partial charge on any atom is -0.483 e. The summed E-state index contributed by atoms with van der Waals surface area (Å²) >= 11 is 4.93. The number of carbonyl (C=O) groups is 1. The van der Waals surface area contributed by atoms with E-state index in [-0.39, 0.29) is 17.5 Å². The Bertz CT molecular complexity index is 490. The largest absolute Gasteiger partial charge is 0.483 e.